The number of nitrogens with zero attached hydrogens (tertiary/aromatic N) is 6. The van der Waals surface area contributed by atoms with Gasteiger partial charge in [-0.2, -0.15) is 15.1 Å². The molecule has 9 nitrogen and oxygen atoms in total. The maximum absolute atomic E-state index is 14.8. The summed E-state index contributed by atoms with van der Waals surface area (Å²) < 4.78 is 19.9. The molecule has 0 bridgehead atoms. The van der Waals surface area contributed by atoms with Gasteiger partial charge in [0.05, 0.1) is 23.6 Å². The highest BCUT2D eigenvalue weighted by Gasteiger charge is 2.18. The van der Waals surface area contributed by atoms with Gasteiger partial charge in [-0.25, -0.2) is 9.37 Å². The third-order valence-electron chi connectivity index (χ3n) is 4.95. The van der Waals surface area contributed by atoms with E-state index in [1.807, 2.05) is 49.4 Å². The van der Waals surface area contributed by atoms with Crippen molar-refractivity contribution in [3.8, 4) is 11.4 Å². The van der Waals surface area contributed by atoms with Crippen molar-refractivity contribution in [3.63, 3.8) is 0 Å². The Morgan fingerprint density at radius 3 is 2.81 bits per heavy atom. The Labute approximate surface area is 182 Å². The molecule has 10 heteroatoms. The van der Waals surface area contributed by atoms with Gasteiger partial charge in [-0.1, -0.05) is 23.4 Å². The number of aromatic nitrogens is 6. The van der Waals surface area contributed by atoms with E-state index >= 15 is 0 Å². The third kappa shape index (κ3) is 3.62. The highest BCUT2D eigenvalue weighted by atomic mass is 19.1. The third-order valence-corrected chi connectivity index (χ3v) is 4.95. The minimum Gasteiger partial charge on any atom is -0.339 e. The van der Waals surface area contributed by atoms with Gasteiger partial charge in [0.15, 0.2) is 11.6 Å². The lowest BCUT2D eigenvalue weighted by Crippen LogP contribution is -2.20. The Morgan fingerprint density at radius 2 is 2.00 bits per heavy atom. The summed E-state index contributed by atoms with van der Waals surface area (Å²) in [6.07, 6.45) is 2.88. The van der Waals surface area contributed by atoms with Crippen LogP contribution >= 0.6 is 0 Å². The van der Waals surface area contributed by atoms with Gasteiger partial charge in [0, 0.05) is 30.1 Å². The average molecular weight is 430 g/mol. The number of fused-ring (bicyclic) bond motifs is 1. The first-order valence-corrected chi connectivity index (χ1v) is 10.0. The summed E-state index contributed by atoms with van der Waals surface area (Å²) >= 11 is 0. The van der Waals surface area contributed by atoms with Crippen LogP contribution in [0.5, 0.6) is 0 Å². The lowest BCUT2D eigenvalue weighted by atomic mass is 10.2. The van der Waals surface area contributed by atoms with Crippen molar-refractivity contribution in [1.82, 2.24) is 30.3 Å². The van der Waals surface area contributed by atoms with E-state index in [9.17, 15) is 4.39 Å². The Morgan fingerprint density at radius 1 is 1.12 bits per heavy atom. The van der Waals surface area contributed by atoms with Crippen LogP contribution in [0.2, 0.25) is 0 Å². The van der Waals surface area contributed by atoms with Crippen molar-refractivity contribution in [3.05, 3.63) is 66.6 Å². The zero-order valence-electron chi connectivity index (χ0n) is 17.4. The zero-order chi connectivity index (χ0) is 22.1. The fourth-order valence-electron chi connectivity index (χ4n) is 3.51. The van der Waals surface area contributed by atoms with Crippen molar-refractivity contribution in [2.24, 2.45) is 0 Å². The molecule has 0 atom stereocenters. The molecule has 0 fully saturated rings. The lowest BCUT2D eigenvalue weighted by molar-refractivity contribution is 0.394. The number of anilines is 4. The summed E-state index contributed by atoms with van der Waals surface area (Å²) in [5, 5.41) is 15.0. The minimum absolute atomic E-state index is 0.170. The molecule has 2 aromatic carbocycles. The molecule has 0 amide bonds. The second-order valence-electron chi connectivity index (χ2n) is 7.06. The molecule has 2 N–H and O–H groups in total. The van der Waals surface area contributed by atoms with E-state index < -0.39 is 5.82 Å². The number of nitrogens with one attached hydrogen (secondary N) is 2. The van der Waals surface area contributed by atoms with E-state index in [1.54, 1.807) is 18.0 Å². The molecular weight excluding hydrogens is 411 g/mol. The second-order valence-corrected chi connectivity index (χ2v) is 7.06. The van der Waals surface area contributed by atoms with Gasteiger partial charge in [-0.3, -0.25) is 5.10 Å². The number of hydrogen-bond acceptors (Lipinski definition) is 8. The summed E-state index contributed by atoms with van der Waals surface area (Å²) in [5.74, 6) is 0.882. The first kappa shape index (κ1) is 19.6. The van der Waals surface area contributed by atoms with Gasteiger partial charge in [0.25, 0.3) is 0 Å². The van der Waals surface area contributed by atoms with Gasteiger partial charge >= 0.3 is 0 Å². The van der Waals surface area contributed by atoms with Gasteiger partial charge in [-0.15, -0.1) is 0 Å². The van der Waals surface area contributed by atoms with Crippen LogP contribution in [0.1, 0.15) is 12.8 Å². The Kier molecular flexibility index (Phi) is 4.94. The molecule has 0 radical (unpaired) electrons. The Hall–Kier alpha value is -4.34. The minimum atomic E-state index is -0.520. The summed E-state index contributed by atoms with van der Waals surface area (Å²) in [7, 11) is 0. The molecule has 0 spiro atoms. The van der Waals surface area contributed by atoms with Crippen LogP contribution in [0, 0.1) is 12.7 Å². The van der Waals surface area contributed by atoms with Crippen molar-refractivity contribution >= 4 is 34.0 Å². The molecule has 0 aliphatic rings. The van der Waals surface area contributed by atoms with E-state index in [2.05, 4.69) is 35.6 Å². The van der Waals surface area contributed by atoms with Crippen LogP contribution in [-0.2, 0) is 0 Å². The van der Waals surface area contributed by atoms with E-state index in [0.29, 0.717) is 23.9 Å². The van der Waals surface area contributed by atoms with Crippen molar-refractivity contribution in [2.45, 2.75) is 13.8 Å². The first-order valence-electron chi connectivity index (χ1n) is 10.0. The number of rotatable bonds is 6. The fraction of sp³-hybridized carbons (Fsp3) is 0.136. The largest absolute Gasteiger partial charge is 0.339 e. The van der Waals surface area contributed by atoms with Crippen molar-refractivity contribution in [2.75, 3.05) is 16.8 Å². The van der Waals surface area contributed by atoms with Gasteiger partial charge < -0.3 is 14.7 Å². The molecule has 32 heavy (non-hydrogen) atoms. The summed E-state index contributed by atoms with van der Waals surface area (Å²) in [6, 6.07) is 13.1. The van der Waals surface area contributed by atoms with E-state index in [-0.39, 0.29) is 11.8 Å². The predicted octanol–water partition coefficient (Wildman–Crippen LogP) is 4.75. The molecule has 0 aliphatic carbocycles. The molecule has 0 saturated heterocycles. The molecule has 0 unspecified atom stereocenters. The molecule has 5 aromatic rings. The van der Waals surface area contributed by atoms with Crippen LogP contribution in [0.3, 0.4) is 0 Å². The van der Waals surface area contributed by atoms with Crippen LogP contribution in [0.4, 0.5) is 27.5 Å². The zero-order valence-corrected chi connectivity index (χ0v) is 17.4. The number of halogens is 1. The van der Waals surface area contributed by atoms with E-state index in [1.165, 1.54) is 0 Å². The smallest absolute Gasteiger partial charge is 0.229 e. The molecule has 3 aromatic heterocycles. The molecule has 0 aliphatic heterocycles. The predicted molar refractivity (Wildman–Crippen MR) is 119 cm³/mol. The van der Waals surface area contributed by atoms with Crippen LogP contribution in [-0.4, -0.2) is 36.9 Å². The Balaban J connectivity index is 1.48. The number of aryl methyl sites for hydroxylation is 1. The van der Waals surface area contributed by atoms with Gasteiger partial charge in [-0.05, 0) is 31.2 Å². The van der Waals surface area contributed by atoms with Crippen LogP contribution in [0.25, 0.3) is 22.3 Å². The fourth-order valence-corrected chi connectivity index (χ4v) is 3.51. The molecule has 5 rings (SSSR count). The maximum atomic E-state index is 14.8. The molecular formula is C22H19FN8O. The quantitative estimate of drug-likeness (QED) is 0.397. The van der Waals surface area contributed by atoms with E-state index in [0.717, 1.165) is 28.4 Å². The molecule has 160 valence electrons. The Bertz CT molecular complexity index is 1400. The van der Waals surface area contributed by atoms with Crippen LogP contribution in [0.15, 0.2) is 59.4 Å². The first-order chi connectivity index (χ1) is 15.6. The molecule has 0 saturated carbocycles. The maximum Gasteiger partial charge on any atom is 0.229 e. The monoisotopic (exact) mass is 430 g/mol. The highest BCUT2D eigenvalue weighted by Crippen LogP contribution is 2.32. The summed E-state index contributed by atoms with van der Waals surface area (Å²) in [6.45, 7) is 4.17. The molecule has 3 heterocycles. The lowest BCUT2D eigenvalue weighted by Gasteiger charge is -2.23. The van der Waals surface area contributed by atoms with E-state index in [4.69, 9.17) is 4.52 Å². The SMILES string of the molecule is CCN(c1nc(Nc2cccc(-c3noc(C)n3)c2)ncc1F)c1cccc2[nH]ncc12. The number of benzene rings is 2. The van der Waals surface area contributed by atoms with Crippen molar-refractivity contribution in [1.29, 1.82) is 0 Å². The summed E-state index contributed by atoms with van der Waals surface area (Å²) in [4.78, 5) is 14.6. The topological polar surface area (TPSA) is 109 Å². The standard InChI is InChI=1S/C22H19FN8O/c1-3-31(19-9-5-8-18-16(19)11-25-29-18)21-17(23)12-24-22(28-21)27-15-7-4-6-14(10-15)20-26-13(2)32-30-20/h4-12H,3H2,1-2H3,(H,25,29)(H,24,27,28). The van der Waals surface area contributed by atoms with Crippen molar-refractivity contribution < 1.29 is 8.91 Å². The number of aromatic amines is 1. The normalized spacial score (nSPS) is 11.1. The highest BCUT2D eigenvalue weighted by molar-refractivity contribution is 5.93. The van der Waals surface area contributed by atoms with Crippen LogP contribution < -0.4 is 10.2 Å². The number of H-pyrrole nitrogens is 1. The summed E-state index contributed by atoms with van der Waals surface area (Å²) in [5.41, 5.74) is 3.15. The average Bonchev–Trinajstić information content (AvgIpc) is 3.46. The second kappa shape index (κ2) is 8.06. The number of hydrogen-bond donors (Lipinski definition) is 2. The van der Waals surface area contributed by atoms with Gasteiger partial charge in [0.2, 0.25) is 17.7 Å². The van der Waals surface area contributed by atoms with Gasteiger partial charge in [0.1, 0.15) is 0 Å².